The highest BCUT2D eigenvalue weighted by atomic mass is 79.9. The van der Waals surface area contributed by atoms with Crippen molar-refractivity contribution < 1.29 is 4.79 Å². The van der Waals surface area contributed by atoms with Crippen LogP contribution in [0, 0.1) is 5.41 Å². The molecule has 6 heteroatoms. The molecule has 132 valence electrons. The molecule has 0 saturated heterocycles. The van der Waals surface area contributed by atoms with Crippen LogP contribution in [0.25, 0.3) is 10.9 Å². The van der Waals surface area contributed by atoms with E-state index in [2.05, 4.69) is 56.3 Å². The van der Waals surface area contributed by atoms with E-state index in [1.165, 1.54) is 11.6 Å². The summed E-state index contributed by atoms with van der Waals surface area (Å²) in [4.78, 5) is 11.0. The first-order chi connectivity index (χ1) is 12.4. The number of hydrogen-bond donors (Lipinski definition) is 3. The molecule has 0 aliphatic rings. The van der Waals surface area contributed by atoms with Gasteiger partial charge in [-0.25, -0.2) is 0 Å². The molecular formula is C20H19BrN4O. The van der Waals surface area contributed by atoms with Gasteiger partial charge in [-0.15, -0.1) is 0 Å². The van der Waals surface area contributed by atoms with Crippen LogP contribution >= 0.6 is 15.9 Å². The average Bonchev–Trinajstić information content (AvgIpc) is 2.99. The van der Waals surface area contributed by atoms with Crippen LogP contribution in [0.1, 0.15) is 12.5 Å². The first-order valence-electron chi connectivity index (χ1n) is 8.09. The van der Waals surface area contributed by atoms with E-state index in [0.717, 1.165) is 27.6 Å². The van der Waals surface area contributed by atoms with Gasteiger partial charge < -0.3 is 15.6 Å². The Morgan fingerprint density at radius 1 is 1.23 bits per heavy atom. The number of nitrogens with zero attached hydrogens (tertiary/aromatic N) is 1. The monoisotopic (exact) mass is 410 g/mol. The normalized spacial score (nSPS) is 11.5. The van der Waals surface area contributed by atoms with E-state index in [9.17, 15) is 4.79 Å². The van der Waals surface area contributed by atoms with Gasteiger partial charge in [-0.1, -0.05) is 28.1 Å². The van der Waals surface area contributed by atoms with Crippen molar-refractivity contribution in [3.05, 3.63) is 76.5 Å². The molecule has 2 aromatic carbocycles. The highest BCUT2D eigenvalue weighted by Crippen LogP contribution is 2.23. The smallest absolute Gasteiger partial charge is 0.266 e. The summed E-state index contributed by atoms with van der Waals surface area (Å²) < 4.78 is 3.27. The van der Waals surface area contributed by atoms with E-state index in [1.807, 2.05) is 24.3 Å². The Morgan fingerprint density at radius 3 is 2.65 bits per heavy atom. The Balaban J connectivity index is 1.79. The maximum Gasteiger partial charge on any atom is 0.266 e. The van der Waals surface area contributed by atoms with Crippen LogP contribution in [-0.4, -0.2) is 16.2 Å². The number of amides is 1. The van der Waals surface area contributed by atoms with Gasteiger partial charge in [0.2, 0.25) is 0 Å². The van der Waals surface area contributed by atoms with Gasteiger partial charge in [-0.3, -0.25) is 10.2 Å². The lowest BCUT2D eigenvalue weighted by molar-refractivity contribution is -0.111. The van der Waals surface area contributed by atoms with E-state index in [4.69, 9.17) is 11.1 Å². The number of aromatic nitrogens is 1. The zero-order valence-electron chi connectivity index (χ0n) is 14.3. The van der Waals surface area contributed by atoms with Crippen LogP contribution in [0.15, 0.2) is 71.0 Å². The highest BCUT2D eigenvalue weighted by Gasteiger charge is 2.05. The third kappa shape index (κ3) is 4.21. The fourth-order valence-corrected chi connectivity index (χ4v) is 3.02. The van der Waals surface area contributed by atoms with Crippen molar-refractivity contribution in [2.75, 3.05) is 5.32 Å². The minimum atomic E-state index is -0.744. The Kier molecular flexibility index (Phi) is 5.23. The van der Waals surface area contributed by atoms with E-state index in [1.54, 1.807) is 6.92 Å². The third-order valence-electron chi connectivity index (χ3n) is 4.00. The average molecular weight is 411 g/mol. The molecule has 0 unspecified atom stereocenters. The van der Waals surface area contributed by atoms with Crippen LogP contribution in [0.3, 0.4) is 0 Å². The van der Waals surface area contributed by atoms with Crippen LogP contribution in [-0.2, 0) is 11.3 Å². The topological polar surface area (TPSA) is 83.9 Å². The predicted molar refractivity (Wildman–Crippen MR) is 109 cm³/mol. The lowest BCUT2D eigenvalue weighted by Crippen LogP contribution is -2.21. The number of anilines is 1. The molecule has 3 aromatic rings. The number of nitrogens with one attached hydrogen (secondary N) is 2. The quantitative estimate of drug-likeness (QED) is 0.530. The fraction of sp³-hybridized carbons (Fsp3) is 0.100. The molecular weight excluding hydrogens is 392 g/mol. The maximum atomic E-state index is 11.0. The van der Waals surface area contributed by atoms with E-state index >= 15 is 0 Å². The number of primary amides is 1. The molecule has 0 atom stereocenters. The summed E-state index contributed by atoms with van der Waals surface area (Å²) in [5.74, 6) is -0.744. The van der Waals surface area contributed by atoms with Crippen molar-refractivity contribution in [3.63, 3.8) is 0 Å². The molecule has 0 aliphatic carbocycles. The van der Waals surface area contributed by atoms with Gasteiger partial charge in [-0.05, 0) is 55.0 Å². The minimum absolute atomic E-state index is 0.225. The van der Waals surface area contributed by atoms with Crippen LogP contribution in [0.4, 0.5) is 5.69 Å². The first-order valence-corrected chi connectivity index (χ1v) is 8.89. The van der Waals surface area contributed by atoms with E-state index < -0.39 is 5.91 Å². The summed E-state index contributed by atoms with van der Waals surface area (Å²) in [5, 5.41) is 11.8. The Hall–Kier alpha value is -2.86. The fourth-order valence-electron chi connectivity index (χ4n) is 2.75. The molecule has 3 rings (SSSR count). The van der Waals surface area contributed by atoms with Crippen molar-refractivity contribution in [2.24, 2.45) is 5.73 Å². The van der Waals surface area contributed by atoms with Crippen molar-refractivity contribution >= 4 is 44.1 Å². The molecule has 0 fully saturated rings. The van der Waals surface area contributed by atoms with E-state index in [-0.39, 0.29) is 5.71 Å². The summed E-state index contributed by atoms with van der Waals surface area (Å²) in [7, 11) is 0. The SMILES string of the molecule is C/C(=C/C(=N)C(N)=O)Nc1ccc2c(ccn2Cc2ccc(Br)cc2)c1. The molecule has 0 saturated carbocycles. The molecule has 0 bridgehead atoms. The Bertz CT molecular complexity index is 1000. The van der Waals surface area contributed by atoms with Crippen molar-refractivity contribution in [1.82, 2.24) is 4.57 Å². The number of rotatable bonds is 6. The second-order valence-corrected chi connectivity index (χ2v) is 6.99. The van der Waals surface area contributed by atoms with Crippen molar-refractivity contribution in [3.8, 4) is 0 Å². The summed E-state index contributed by atoms with van der Waals surface area (Å²) in [6.07, 6.45) is 3.49. The zero-order chi connectivity index (χ0) is 18.7. The Labute approximate surface area is 160 Å². The van der Waals surface area contributed by atoms with Crippen LogP contribution in [0.5, 0.6) is 0 Å². The number of allylic oxidation sites excluding steroid dienone is 1. The number of benzene rings is 2. The second-order valence-electron chi connectivity index (χ2n) is 6.07. The molecule has 0 radical (unpaired) electrons. The standard InChI is InChI=1S/C20H19BrN4O/c1-13(10-18(22)20(23)26)24-17-6-7-19-15(11-17)8-9-25(19)12-14-2-4-16(21)5-3-14/h2-11,22,24H,12H2,1H3,(H2,23,26)/b13-10-,22-18?. The third-order valence-corrected chi connectivity index (χ3v) is 4.53. The summed E-state index contributed by atoms with van der Waals surface area (Å²) >= 11 is 3.46. The molecule has 1 heterocycles. The number of halogens is 1. The zero-order valence-corrected chi connectivity index (χ0v) is 15.9. The van der Waals surface area contributed by atoms with Gasteiger partial charge in [0.25, 0.3) is 5.91 Å². The summed E-state index contributed by atoms with van der Waals surface area (Å²) in [5.41, 5.74) is 8.81. The molecule has 0 aliphatic heterocycles. The summed E-state index contributed by atoms with van der Waals surface area (Å²) in [6.45, 7) is 2.60. The van der Waals surface area contributed by atoms with Gasteiger partial charge in [0.05, 0.1) is 0 Å². The maximum absolute atomic E-state index is 11.0. The van der Waals surface area contributed by atoms with Gasteiger partial charge >= 0.3 is 0 Å². The Morgan fingerprint density at radius 2 is 1.96 bits per heavy atom. The minimum Gasteiger partial charge on any atom is -0.364 e. The van der Waals surface area contributed by atoms with Gasteiger partial charge in [0.15, 0.2) is 0 Å². The van der Waals surface area contributed by atoms with Crippen LogP contribution < -0.4 is 11.1 Å². The highest BCUT2D eigenvalue weighted by molar-refractivity contribution is 9.10. The van der Waals surface area contributed by atoms with Crippen molar-refractivity contribution in [2.45, 2.75) is 13.5 Å². The van der Waals surface area contributed by atoms with Gasteiger partial charge in [0, 0.05) is 39.5 Å². The summed E-state index contributed by atoms with van der Waals surface area (Å²) in [6, 6.07) is 16.4. The number of nitrogens with two attached hydrogens (primary N) is 1. The number of carbonyl (C=O) groups is 1. The van der Waals surface area contributed by atoms with E-state index in [0.29, 0.717) is 5.70 Å². The number of fused-ring (bicyclic) bond motifs is 1. The molecule has 26 heavy (non-hydrogen) atoms. The predicted octanol–water partition coefficient (Wildman–Crippen LogP) is 4.27. The largest absolute Gasteiger partial charge is 0.364 e. The molecule has 4 N–H and O–H groups in total. The number of hydrogen-bond acceptors (Lipinski definition) is 3. The van der Waals surface area contributed by atoms with Gasteiger partial charge in [0.1, 0.15) is 5.71 Å². The molecule has 5 nitrogen and oxygen atoms in total. The van der Waals surface area contributed by atoms with Crippen molar-refractivity contribution in [1.29, 1.82) is 5.41 Å². The lowest BCUT2D eigenvalue weighted by atomic mass is 10.2. The molecule has 1 aromatic heterocycles. The number of carbonyl (C=O) groups excluding carboxylic acids is 1. The molecule has 1 amide bonds. The molecule has 0 spiro atoms. The van der Waals surface area contributed by atoms with Gasteiger partial charge in [-0.2, -0.15) is 0 Å². The first kappa shape index (κ1) is 17.9. The lowest BCUT2D eigenvalue weighted by Gasteiger charge is -2.09. The second kappa shape index (κ2) is 7.58. The van der Waals surface area contributed by atoms with Crippen LogP contribution in [0.2, 0.25) is 0 Å².